The number of anilines is 1. The fraction of sp³-hybridized carbons (Fsp3) is 0.345. The van der Waals surface area contributed by atoms with Gasteiger partial charge in [0.25, 0.3) is 0 Å². The zero-order valence-electron chi connectivity index (χ0n) is 21.8. The first-order valence-corrected chi connectivity index (χ1v) is 12.0. The SMILES string of the molecule is COC(=O)C1C(=O)C2=C(CC1(C)C)Nc1ccc3ncccc3c1C2c1cc(OC)c(OC)c(OC)c1. The van der Waals surface area contributed by atoms with Crippen molar-refractivity contribution < 1.29 is 28.5 Å². The molecule has 1 aliphatic carbocycles. The molecule has 5 rings (SSSR count). The summed E-state index contributed by atoms with van der Waals surface area (Å²) in [6.07, 6.45) is 2.24. The molecule has 1 aliphatic heterocycles. The van der Waals surface area contributed by atoms with Gasteiger partial charge in [-0.3, -0.25) is 14.6 Å². The number of hydrogen-bond donors (Lipinski definition) is 1. The number of rotatable bonds is 5. The summed E-state index contributed by atoms with van der Waals surface area (Å²) in [5.41, 5.74) is 4.06. The number of hydrogen-bond acceptors (Lipinski definition) is 8. The van der Waals surface area contributed by atoms with E-state index in [1.54, 1.807) is 27.5 Å². The van der Waals surface area contributed by atoms with Gasteiger partial charge in [0.2, 0.25) is 5.75 Å². The topological polar surface area (TPSA) is 96.0 Å². The van der Waals surface area contributed by atoms with Crippen LogP contribution in [0.25, 0.3) is 10.9 Å². The first-order valence-electron chi connectivity index (χ1n) is 12.0. The number of benzene rings is 2. The lowest BCUT2D eigenvalue weighted by atomic mass is 9.62. The molecule has 192 valence electrons. The Labute approximate surface area is 215 Å². The molecule has 0 fully saturated rings. The highest BCUT2D eigenvalue weighted by Gasteiger charge is 2.51. The van der Waals surface area contributed by atoms with Gasteiger partial charge < -0.3 is 24.3 Å². The van der Waals surface area contributed by atoms with Crippen molar-refractivity contribution in [3.63, 3.8) is 0 Å². The molecule has 0 saturated heterocycles. The Hall–Kier alpha value is -4.07. The zero-order chi connectivity index (χ0) is 26.5. The second kappa shape index (κ2) is 9.10. The molecule has 0 amide bonds. The number of aromatic nitrogens is 1. The van der Waals surface area contributed by atoms with Gasteiger partial charge in [0, 0.05) is 34.5 Å². The van der Waals surface area contributed by atoms with E-state index in [-0.39, 0.29) is 5.78 Å². The first-order chi connectivity index (χ1) is 17.7. The summed E-state index contributed by atoms with van der Waals surface area (Å²) in [5, 5.41) is 4.43. The third-order valence-electron chi connectivity index (χ3n) is 7.41. The summed E-state index contributed by atoms with van der Waals surface area (Å²) < 4.78 is 21.9. The summed E-state index contributed by atoms with van der Waals surface area (Å²) in [6, 6.07) is 11.5. The van der Waals surface area contributed by atoms with Crippen molar-refractivity contribution in [1.82, 2.24) is 4.98 Å². The average molecular weight is 503 g/mol. The molecule has 0 saturated carbocycles. The van der Waals surface area contributed by atoms with Crippen LogP contribution in [0.2, 0.25) is 0 Å². The number of ketones is 1. The minimum Gasteiger partial charge on any atom is -0.493 e. The maximum absolute atomic E-state index is 14.2. The summed E-state index contributed by atoms with van der Waals surface area (Å²) in [7, 11) is 5.99. The lowest BCUT2D eigenvalue weighted by Gasteiger charge is -2.43. The van der Waals surface area contributed by atoms with Gasteiger partial charge in [0.15, 0.2) is 17.3 Å². The number of pyridine rings is 1. The highest BCUT2D eigenvalue weighted by atomic mass is 16.5. The molecule has 3 aromatic rings. The number of carbonyl (C=O) groups is 2. The van der Waals surface area contributed by atoms with Gasteiger partial charge in [0.1, 0.15) is 5.92 Å². The third kappa shape index (κ3) is 3.79. The Morgan fingerprint density at radius 1 is 1.03 bits per heavy atom. The molecule has 1 aromatic heterocycles. The van der Waals surface area contributed by atoms with Crippen LogP contribution in [0.5, 0.6) is 17.2 Å². The summed E-state index contributed by atoms with van der Waals surface area (Å²) in [5.74, 6) is -0.816. The highest BCUT2D eigenvalue weighted by molar-refractivity contribution is 6.13. The van der Waals surface area contributed by atoms with Crippen LogP contribution in [0, 0.1) is 11.3 Å². The highest BCUT2D eigenvalue weighted by Crippen LogP contribution is 2.54. The summed E-state index contributed by atoms with van der Waals surface area (Å²) >= 11 is 0. The molecule has 2 aromatic carbocycles. The smallest absolute Gasteiger partial charge is 0.317 e. The Bertz CT molecular complexity index is 1430. The van der Waals surface area contributed by atoms with Crippen molar-refractivity contribution in [3.05, 3.63) is 65.0 Å². The van der Waals surface area contributed by atoms with E-state index in [0.29, 0.717) is 29.2 Å². The van der Waals surface area contributed by atoms with E-state index in [1.165, 1.54) is 7.11 Å². The maximum atomic E-state index is 14.2. The molecule has 8 heteroatoms. The van der Waals surface area contributed by atoms with Crippen LogP contribution in [-0.4, -0.2) is 45.2 Å². The van der Waals surface area contributed by atoms with Crippen LogP contribution in [0.15, 0.2) is 53.9 Å². The molecule has 0 spiro atoms. The zero-order valence-corrected chi connectivity index (χ0v) is 21.8. The molecule has 1 N–H and O–H groups in total. The van der Waals surface area contributed by atoms with Crippen LogP contribution in [0.4, 0.5) is 5.69 Å². The van der Waals surface area contributed by atoms with E-state index in [1.807, 2.05) is 50.2 Å². The molecular weight excluding hydrogens is 472 g/mol. The van der Waals surface area contributed by atoms with Crippen molar-refractivity contribution in [3.8, 4) is 17.2 Å². The van der Waals surface area contributed by atoms with Gasteiger partial charge in [-0.05, 0) is 53.3 Å². The molecular formula is C29H30N2O6. The molecule has 2 atom stereocenters. The minimum atomic E-state index is -0.933. The van der Waals surface area contributed by atoms with E-state index in [4.69, 9.17) is 18.9 Å². The Balaban J connectivity index is 1.84. The maximum Gasteiger partial charge on any atom is 0.317 e. The molecule has 2 unspecified atom stereocenters. The number of nitrogens with zero attached hydrogens (tertiary/aromatic N) is 1. The Morgan fingerprint density at radius 3 is 2.35 bits per heavy atom. The van der Waals surface area contributed by atoms with E-state index in [2.05, 4.69) is 10.3 Å². The quantitative estimate of drug-likeness (QED) is 0.390. The van der Waals surface area contributed by atoms with Crippen molar-refractivity contribution in [1.29, 1.82) is 0 Å². The molecule has 2 aliphatic rings. The third-order valence-corrected chi connectivity index (χ3v) is 7.41. The Kier molecular flexibility index (Phi) is 6.06. The fourth-order valence-electron chi connectivity index (χ4n) is 5.79. The van der Waals surface area contributed by atoms with Gasteiger partial charge in [-0.15, -0.1) is 0 Å². The molecule has 8 nitrogen and oxygen atoms in total. The first kappa shape index (κ1) is 24.6. The van der Waals surface area contributed by atoms with Crippen molar-refractivity contribution in [2.75, 3.05) is 33.8 Å². The van der Waals surface area contributed by atoms with Gasteiger partial charge in [-0.25, -0.2) is 0 Å². The van der Waals surface area contributed by atoms with Gasteiger partial charge >= 0.3 is 5.97 Å². The number of Topliss-reactive ketones (excluding diaryl/α,β-unsaturated/α-hetero) is 1. The number of carbonyl (C=O) groups excluding carboxylic acids is 2. The monoisotopic (exact) mass is 502 g/mol. The van der Waals surface area contributed by atoms with E-state index < -0.39 is 23.2 Å². The Morgan fingerprint density at radius 2 is 1.73 bits per heavy atom. The second-order valence-corrected chi connectivity index (χ2v) is 9.99. The minimum absolute atomic E-state index is 0.254. The molecule has 0 radical (unpaired) electrons. The predicted octanol–water partition coefficient (Wildman–Crippen LogP) is 4.86. The number of allylic oxidation sites excluding steroid dienone is 2. The number of ether oxygens (including phenoxy) is 4. The summed E-state index contributed by atoms with van der Waals surface area (Å²) in [4.78, 5) is 31.7. The largest absolute Gasteiger partial charge is 0.493 e. The molecule has 2 heterocycles. The summed E-state index contributed by atoms with van der Waals surface area (Å²) in [6.45, 7) is 3.85. The van der Waals surface area contributed by atoms with Crippen LogP contribution in [0.1, 0.15) is 37.3 Å². The van der Waals surface area contributed by atoms with Crippen molar-refractivity contribution >= 4 is 28.3 Å². The number of nitrogens with one attached hydrogen (secondary N) is 1. The van der Waals surface area contributed by atoms with E-state index >= 15 is 0 Å². The lowest BCUT2D eigenvalue weighted by Crippen LogP contribution is -2.45. The standard InChI is InChI=1S/C29H30N2O6/c1-29(2)14-19-24(26(32)25(29)28(33)37-6)22(15-12-20(34-3)27(36-5)21(13-15)35-4)23-16-8-7-11-30-17(16)9-10-18(23)31-19/h7-13,22,25,31H,14H2,1-6H3. The number of esters is 1. The van der Waals surface area contributed by atoms with Gasteiger partial charge in [-0.1, -0.05) is 19.9 Å². The number of methoxy groups -OCH3 is 4. The van der Waals surface area contributed by atoms with Crippen LogP contribution in [-0.2, 0) is 14.3 Å². The van der Waals surface area contributed by atoms with Gasteiger partial charge in [-0.2, -0.15) is 0 Å². The normalized spacial score (nSPS) is 20.0. The second-order valence-electron chi connectivity index (χ2n) is 9.99. The lowest BCUT2D eigenvalue weighted by molar-refractivity contribution is -0.154. The predicted molar refractivity (Wildman–Crippen MR) is 139 cm³/mol. The van der Waals surface area contributed by atoms with Gasteiger partial charge in [0.05, 0.1) is 34.0 Å². The van der Waals surface area contributed by atoms with Crippen LogP contribution >= 0.6 is 0 Å². The molecule has 0 bridgehead atoms. The average Bonchev–Trinajstić information content (AvgIpc) is 2.90. The van der Waals surface area contributed by atoms with Crippen LogP contribution in [0.3, 0.4) is 0 Å². The van der Waals surface area contributed by atoms with Crippen molar-refractivity contribution in [2.24, 2.45) is 11.3 Å². The van der Waals surface area contributed by atoms with E-state index in [9.17, 15) is 9.59 Å². The number of fused-ring (bicyclic) bond motifs is 3. The molecule has 37 heavy (non-hydrogen) atoms. The van der Waals surface area contributed by atoms with E-state index in [0.717, 1.165) is 33.4 Å². The fourth-order valence-corrected chi connectivity index (χ4v) is 5.79. The van der Waals surface area contributed by atoms with Crippen LogP contribution < -0.4 is 19.5 Å². The van der Waals surface area contributed by atoms with Crippen molar-refractivity contribution in [2.45, 2.75) is 26.2 Å².